The van der Waals surface area contributed by atoms with Gasteiger partial charge >= 0.3 is 0 Å². The molecule has 0 aliphatic carbocycles. The number of aryl methyl sites for hydroxylation is 1. The van der Waals surface area contributed by atoms with Crippen LogP contribution in [0.5, 0.6) is 5.75 Å². The van der Waals surface area contributed by atoms with Crippen molar-refractivity contribution in [3.8, 4) is 5.75 Å². The van der Waals surface area contributed by atoms with E-state index in [4.69, 9.17) is 4.74 Å². The van der Waals surface area contributed by atoms with Gasteiger partial charge in [-0.15, -0.1) is 11.3 Å². The summed E-state index contributed by atoms with van der Waals surface area (Å²) in [6, 6.07) is 17.9. The number of benzene rings is 2. The smallest absolute Gasteiger partial charge is 0.256 e. The molecule has 156 valence electrons. The Morgan fingerprint density at radius 1 is 1.03 bits per heavy atom. The Labute approximate surface area is 182 Å². The summed E-state index contributed by atoms with van der Waals surface area (Å²) >= 11 is 1.67. The Balaban J connectivity index is 1.75. The van der Waals surface area contributed by atoms with Gasteiger partial charge in [0, 0.05) is 16.0 Å². The molecular formula is C25H28N2O2S. The van der Waals surface area contributed by atoms with Crippen molar-refractivity contribution in [3.05, 3.63) is 81.7 Å². The van der Waals surface area contributed by atoms with Crippen LogP contribution < -0.4 is 10.1 Å². The molecule has 30 heavy (non-hydrogen) atoms. The molecule has 1 saturated heterocycles. The zero-order chi connectivity index (χ0) is 21.1. The van der Waals surface area contributed by atoms with Gasteiger partial charge < -0.3 is 10.1 Å². The number of carbonyl (C=O) groups is 1. The number of rotatable bonds is 6. The first-order chi connectivity index (χ1) is 14.6. The zero-order valence-corrected chi connectivity index (χ0v) is 18.6. The van der Waals surface area contributed by atoms with E-state index in [0.29, 0.717) is 5.56 Å². The molecule has 2 aromatic carbocycles. The van der Waals surface area contributed by atoms with Crippen molar-refractivity contribution in [2.24, 2.45) is 0 Å². The van der Waals surface area contributed by atoms with E-state index in [1.54, 1.807) is 18.4 Å². The predicted molar refractivity (Wildman–Crippen MR) is 124 cm³/mol. The minimum atomic E-state index is -0.0620. The molecule has 1 amide bonds. The van der Waals surface area contributed by atoms with Gasteiger partial charge in [-0.05, 0) is 75.2 Å². The van der Waals surface area contributed by atoms with Gasteiger partial charge in [0.25, 0.3) is 5.91 Å². The number of amides is 1. The molecule has 4 rings (SSSR count). The molecule has 0 radical (unpaired) electrons. The SMILES string of the molecule is COc1ccc(C(c2c(NC(=O)c3ccccc3)sc(C)c2C)N2CCCC2)cc1. The van der Waals surface area contributed by atoms with Crippen LogP contribution in [0.2, 0.25) is 0 Å². The van der Waals surface area contributed by atoms with Gasteiger partial charge in [-0.25, -0.2) is 0 Å². The van der Waals surface area contributed by atoms with Crippen molar-refractivity contribution in [2.75, 3.05) is 25.5 Å². The molecule has 0 bridgehead atoms. The molecule has 1 fully saturated rings. The minimum Gasteiger partial charge on any atom is -0.497 e. The molecule has 4 nitrogen and oxygen atoms in total. The monoisotopic (exact) mass is 420 g/mol. The Bertz CT molecular complexity index is 1010. The third-order valence-corrected chi connectivity index (χ3v) is 7.04. The molecule has 1 aromatic heterocycles. The maximum atomic E-state index is 12.9. The molecule has 1 aliphatic heterocycles. The summed E-state index contributed by atoms with van der Waals surface area (Å²) in [5.41, 5.74) is 4.38. The van der Waals surface area contributed by atoms with Crippen LogP contribution in [0.1, 0.15) is 50.8 Å². The second-order valence-corrected chi connectivity index (χ2v) is 8.99. The number of anilines is 1. The van der Waals surface area contributed by atoms with Gasteiger partial charge in [0.05, 0.1) is 13.2 Å². The number of thiophene rings is 1. The van der Waals surface area contributed by atoms with E-state index in [1.165, 1.54) is 34.4 Å². The van der Waals surface area contributed by atoms with Crippen molar-refractivity contribution in [2.45, 2.75) is 32.7 Å². The number of hydrogen-bond donors (Lipinski definition) is 1. The highest BCUT2D eigenvalue weighted by Gasteiger charge is 2.31. The second-order valence-electron chi connectivity index (χ2n) is 7.76. The average molecular weight is 421 g/mol. The summed E-state index contributed by atoms with van der Waals surface area (Å²) in [5, 5.41) is 4.16. The van der Waals surface area contributed by atoms with Crippen molar-refractivity contribution in [3.63, 3.8) is 0 Å². The lowest BCUT2D eigenvalue weighted by Crippen LogP contribution is -2.28. The number of methoxy groups -OCH3 is 1. The van der Waals surface area contributed by atoms with Crippen molar-refractivity contribution in [1.29, 1.82) is 0 Å². The first-order valence-corrected chi connectivity index (χ1v) is 11.2. The van der Waals surface area contributed by atoms with Gasteiger partial charge in [-0.2, -0.15) is 0 Å². The number of carbonyl (C=O) groups excluding carboxylic acids is 1. The molecule has 3 aromatic rings. The van der Waals surface area contributed by atoms with E-state index in [9.17, 15) is 4.79 Å². The quantitative estimate of drug-likeness (QED) is 0.547. The van der Waals surface area contributed by atoms with E-state index in [2.05, 4.69) is 36.2 Å². The standard InChI is InChI=1S/C25H28N2O2S/c1-17-18(2)30-25(26-24(28)20-9-5-4-6-10-20)22(17)23(27-15-7-8-16-27)19-11-13-21(29-3)14-12-19/h4-6,9-14,23H,7-8,15-16H2,1-3H3,(H,26,28). The van der Waals surface area contributed by atoms with Crippen molar-refractivity contribution >= 4 is 22.2 Å². The maximum Gasteiger partial charge on any atom is 0.256 e. The number of nitrogens with one attached hydrogen (secondary N) is 1. The van der Waals surface area contributed by atoms with Crippen LogP contribution in [0.15, 0.2) is 54.6 Å². The summed E-state index contributed by atoms with van der Waals surface area (Å²) in [6.45, 7) is 6.44. The van der Waals surface area contributed by atoms with E-state index in [1.807, 2.05) is 42.5 Å². The number of hydrogen-bond acceptors (Lipinski definition) is 4. The van der Waals surface area contributed by atoms with Crippen molar-refractivity contribution < 1.29 is 9.53 Å². The fourth-order valence-corrected chi connectivity index (χ4v) is 5.27. The molecule has 5 heteroatoms. The minimum absolute atomic E-state index is 0.0620. The van der Waals surface area contributed by atoms with Gasteiger partial charge in [0.2, 0.25) is 0 Å². The summed E-state index contributed by atoms with van der Waals surface area (Å²) < 4.78 is 5.36. The van der Waals surface area contributed by atoms with E-state index >= 15 is 0 Å². The Morgan fingerprint density at radius 2 is 1.70 bits per heavy atom. The van der Waals surface area contributed by atoms with Crippen LogP contribution >= 0.6 is 11.3 Å². The largest absolute Gasteiger partial charge is 0.497 e. The summed E-state index contributed by atoms with van der Waals surface area (Å²) in [4.78, 5) is 16.7. The fourth-order valence-electron chi connectivity index (χ4n) is 4.18. The maximum absolute atomic E-state index is 12.9. The highest BCUT2D eigenvalue weighted by atomic mass is 32.1. The molecule has 2 heterocycles. The van der Waals surface area contributed by atoms with E-state index in [-0.39, 0.29) is 11.9 Å². The summed E-state index contributed by atoms with van der Waals surface area (Å²) in [6.07, 6.45) is 2.42. The molecule has 1 aliphatic rings. The summed E-state index contributed by atoms with van der Waals surface area (Å²) in [7, 11) is 1.69. The molecule has 0 saturated carbocycles. The normalized spacial score (nSPS) is 15.2. The van der Waals surface area contributed by atoms with Gasteiger partial charge in [0.15, 0.2) is 0 Å². The number of ether oxygens (including phenoxy) is 1. The molecular weight excluding hydrogens is 392 g/mol. The zero-order valence-electron chi connectivity index (χ0n) is 17.8. The lowest BCUT2D eigenvalue weighted by atomic mass is 9.95. The Hall–Kier alpha value is -2.63. The van der Waals surface area contributed by atoms with Gasteiger partial charge in [0.1, 0.15) is 10.8 Å². The second kappa shape index (κ2) is 9.02. The van der Waals surface area contributed by atoms with Gasteiger partial charge in [-0.3, -0.25) is 9.69 Å². The van der Waals surface area contributed by atoms with Crippen molar-refractivity contribution in [1.82, 2.24) is 4.90 Å². The lowest BCUT2D eigenvalue weighted by molar-refractivity contribution is 0.102. The van der Waals surface area contributed by atoms with Crippen LogP contribution in [-0.4, -0.2) is 31.0 Å². The third kappa shape index (κ3) is 4.13. The highest BCUT2D eigenvalue weighted by Crippen LogP contribution is 2.43. The molecule has 1 atom stereocenters. The first-order valence-electron chi connectivity index (χ1n) is 10.4. The number of likely N-dealkylation sites (tertiary alicyclic amines) is 1. The Morgan fingerprint density at radius 3 is 2.33 bits per heavy atom. The van der Waals surface area contributed by atoms with E-state index in [0.717, 1.165) is 23.8 Å². The first kappa shape index (κ1) is 20.6. The van der Waals surface area contributed by atoms with Crippen LogP contribution in [0.3, 0.4) is 0 Å². The lowest BCUT2D eigenvalue weighted by Gasteiger charge is -2.29. The predicted octanol–water partition coefficient (Wildman–Crippen LogP) is 5.81. The molecule has 1 N–H and O–H groups in total. The fraction of sp³-hybridized carbons (Fsp3) is 0.320. The van der Waals surface area contributed by atoms with Crippen LogP contribution in [0.25, 0.3) is 0 Å². The molecule has 1 unspecified atom stereocenters. The van der Waals surface area contributed by atoms with Crippen LogP contribution in [0, 0.1) is 13.8 Å². The topological polar surface area (TPSA) is 41.6 Å². The van der Waals surface area contributed by atoms with Crippen LogP contribution in [-0.2, 0) is 0 Å². The average Bonchev–Trinajstić information content (AvgIpc) is 3.40. The number of nitrogens with zero attached hydrogens (tertiary/aromatic N) is 1. The van der Waals surface area contributed by atoms with Crippen LogP contribution in [0.4, 0.5) is 5.00 Å². The third-order valence-electron chi connectivity index (χ3n) is 5.91. The highest BCUT2D eigenvalue weighted by molar-refractivity contribution is 7.16. The van der Waals surface area contributed by atoms with Gasteiger partial charge in [-0.1, -0.05) is 30.3 Å². The molecule has 0 spiro atoms. The summed E-state index contributed by atoms with van der Waals surface area (Å²) in [5.74, 6) is 0.794. The van der Waals surface area contributed by atoms with E-state index < -0.39 is 0 Å². The Kier molecular flexibility index (Phi) is 6.21.